The zero-order chi connectivity index (χ0) is 10.7. The molecule has 1 aliphatic carbocycles. The van der Waals surface area contributed by atoms with Gasteiger partial charge in [-0.1, -0.05) is 6.42 Å². The fourth-order valence-electron chi connectivity index (χ4n) is 1.65. The van der Waals surface area contributed by atoms with Gasteiger partial charge in [0.1, 0.15) is 0 Å². The van der Waals surface area contributed by atoms with E-state index < -0.39 is 0 Å². The van der Waals surface area contributed by atoms with Gasteiger partial charge in [0.05, 0.1) is 11.1 Å². The second-order valence-corrected chi connectivity index (χ2v) is 5.42. The lowest BCUT2D eigenvalue weighted by Crippen LogP contribution is -2.23. The molecule has 1 aromatic rings. The van der Waals surface area contributed by atoms with E-state index in [2.05, 4.69) is 10.3 Å². The van der Waals surface area contributed by atoms with Gasteiger partial charge in [-0.15, -0.1) is 11.3 Å². The summed E-state index contributed by atoms with van der Waals surface area (Å²) in [5, 5.41) is 13.6. The van der Waals surface area contributed by atoms with E-state index in [-0.39, 0.29) is 6.10 Å². The largest absolute Gasteiger partial charge is 0.392 e. The van der Waals surface area contributed by atoms with Gasteiger partial charge in [0.25, 0.3) is 0 Å². The van der Waals surface area contributed by atoms with Crippen LogP contribution in [-0.2, 0) is 6.54 Å². The Kier molecular flexibility index (Phi) is 3.72. The average molecular weight is 226 g/mol. The first-order valence-electron chi connectivity index (χ1n) is 5.59. The highest BCUT2D eigenvalue weighted by Gasteiger charge is 2.22. The Morgan fingerprint density at radius 1 is 1.67 bits per heavy atom. The molecule has 4 heteroatoms. The first kappa shape index (κ1) is 11.0. The van der Waals surface area contributed by atoms with E-state index in [1.807, 2.05) is 17.5 Å². The van der Waals surface area contributed by atoms with E-state index in [1.165, 1.54) is 29.1 Å². The van der Waals surface area contributed by atoms with E-state index >= 15 is 0 Å². The first-order chi connectivity index (χ1) is 7.25. The van der Waals surface area contributed by atoms with Crippen molar-refractivity contribution in [3.05, 3.63) is 16.1 Å². The summed E-state index contributed by atoms with van der Waals surface area (Å²) in [7, 11) is 0. The zero-order valence-electron chi connectivity index (χ0n) is 9.07. The Morgan fingerprint density at radius 3 is 3.07 bits per heavy atom. The molecule has 0 bridgehead atoms. The smallest absolute Gasteiger partial charge is 0.0959 e. The topological polar surface area (TPSA) is 45.1 Å². The third kappa shape index (κ3) is 3.00. The van der Waals surface area contributed by atoms with Gasteiger partial charge in [0.15, 0.2) is 0 Å². The van der Waals surface area contributed by atoms with Crippen LogP contribution in [0.5, 0.6) is 0 Å². The Labute approximate surface area is 94.5 Å². The van der Waals surface area contributed by atoms with E-state index in [4.69, 9.17) is 5.11 Å². The van der Waals surface area contributed by atoms with Crippen molar-refractivity contribution in [1.29, 1.82) is 0 Å². The van der Waals surface area contributed by atoms with Crippen molar-refractivity contribution in [3.63, 3.8) is 0 Å². The quantitative estimate of drug-likeness (QED) is 0.806. The molecule has 1 heterocycles. The number of aliphatic hydroxyl groups excluding tert-OH is 1. The van der Waals surface area contributed by atoms with E-state index in [9.17, 15) is 0 Å². The van der Waals surface area contributed by atoms with Crippen molar-refractivity contribution in [1.82, 2.24) is 10.3 Å². The van der Waals surface area contributed by atoms with Crippen LogP contribution in [0.4, 0.5) is 0 Å². The lowest BCUT2D eigenvalue weighted by molar-refractivity contribution is 0.191. The molecule has 0 aromatic carbocycles. The average Bonchev–Trinajstić information content (AvgIpc) is 2.49. The van der Waals surface area contributed by atoms with Crippen LogP contribution in [0.1, 0.15) is 42.0 Å². The van der Waals surface area contributed by atoms with Crippen molar-refractivity contribution in [2.45, 2.75) is 44.8 Å². The number of hydrogen-bond acceptors (Lipinski definition) is 4. The van der Waals surface area contributed by atoms with Gasteiger partial charge in [0, 0.05) is 30.1 Å². The highest BCUT2D eigenvalue weighted by atomic mass is 32.1. The van der Waals surface area contributed by atoms with Crippen LogP contribution >= 0.6 is 11.3 Å². The molecule has 2 N–H and O–H groups in total. The third-order valence-corrected chi connectivity index (χ3v) is 3.92. The van der Waals surface area contributed by atoms with E-state index in [0.29, 0.717) is 6.54 Å². The van der Waals surface area contributed by atoms with Gasteiger partial charge in [0.2, 0.25) is 0 Å². The predicted octanol–water partition coefficient (Wildman–Crippen LogP) is 1.88. The molecule has 2 rings (SSSR count). The maximum atomic E-state index is 9.10. The summed E-state index contributed by atoms with van der Waals surface area (Å²) < 4.78 is 0. The summed E-state index contributed by atoms with van der Waals surface area (Å²) in [5.41, 5.74) is 0. The minimum absolute atomic E-state index is 0.274. The van der Waals surface area contributed by atoms with Crippen LogP contribution in [0.15, 0.2) is 6.20 Å². The van der Waals surface area contributed by atoms with Crippen LogP contribution in [0.25, 0.3) is 0 Å². The van der Waals surface area contributed by atoms with E-state index in [0.717, 1.165) is 12.5 Å². The maximum Gasteiger partial charge on any atom is 0.0959 e. The minimum atomic E-state index is -0.274. The Balaban J connectivity index is 1.79. The summed E-state index contributed by atoms with van der Waals surface area (Å²) in [6, 6.07) is 0. The zero-order valence-corrected chi connectivity index (χ0v) is 9.89. The molecule has 3 nitrogen and oxygen atoms in total. The second-order valence-electron chi connectivity index (χ2n) is 4.27. The number of nitrogens with zero attached hydrogens (tertiary/aromatic N) is 1. The SMILES string of the molecule is CC(O)CNCc1cnc(C2CCC2)s1. The summed E-state index contributed by atoms with van der Waals surface area (Å²) >= 11 is 1.81. The maximum absolute atomic E-state index is 9.10. The number of hydrogen-bond donors (Lipinski definition) is 2. The Bertz CT molecular complexity index is 307. The molecule has 84 valence electrons. The van der Waals surface area contributed by atoms with Crippen LogP contribution in [0, 0.1) is 0 Å². The Hall–Kier alpha value is -0.450. The van der Waals surface area contributed by atoms with Crippen molar-refractivity contribution in [2.24, 2.45) is 0 Å². The van der Waals surface area contributed by atoms with Crippen molar-refractivity contribution < 1.29 is 5.11 Å². The number of rotatable bonds is 5. The molecule has 0 aliphatic heterocycles. The fourth-order valence-corrected chi connectivity index (χ4v) is 2.71. The molecular weight excluding hydrogens is 208 g/mol. The lowest BCUT2D eigenvalue weighted by Gasteiger charge is -2.22. The molecule has 1 fully saturated rings. The van der Waals surface area contributed by atoms with Crippen molar-refractivity contribution in [3.8, 4) is 0 Å². The number of nitrogens with one attached hydrogen (secondary N) is 1. The summed E-state index contributed by atoms with van der Waals surface area (Å²) in [6.07, 6.45) is 5.68. The van der Waals surface area contributed by atoms with Gasteiger partial charge < -0.3 is 10.4 Å². The van der Waals surface area contributed by atoms with Crippen molar-refractivity contribution >= 4 is 11.3 Å². The van der Waals surface area contributed by atoms with Crippen LogP contribution in [-0.4, -0.2) is 22.7 Å². The standard InChI is InChI=1S/C11H18N2OS/c1-8(14)5-12-6-10-7-13-11(15-10)9-3-2-4-9/h7-9,12,14H,2-6H2,1H3. The van der Waals surface area contributed by atoms with E-state index in [1.54, 1.807) is 6.92 Å². The molecule has 1 saturated carbocycles. The molecule has 15 heavy (non-hydrogen) atoms. The Morgan fingerprint density at radius 2 is 2.47 bits per heavy atom. The third-order valence-electron chi connectivity index (χ3n) is 2.76. The summed E-state index contributed by atoms with van der Waals surface area (Å²) in [6.45, 7) is 3.27. The predicted molar refractivity (Wildman–Crippen MR) is 62.1 cm³/mol. The molecular formula is C11H18N2OS. The number of aromatic nitrogens is 1. The fraction of sp³-hybridized carbons (Fsp3) is 0.727. The van der Waals surface area contributed by atoms with Gasteiger partial charge in [-0.3, -0.25) is 0 Å². The normalized spacial score (nSPS) is 18.8. The molecule has 0 spiro atoms. The molecule has 0 saturated heterocycles. The molecule has 1 aromatic heterocycles. The lowest BCUT2D eigenvalue weighted by atomic mass is 9.86. The van der Waals surface area contributed by atoms with Gasteiger partial charge in [-0.2, -0.15) is 0 Å². The monoisotopic (exact) mass is 226 g/mol. The van der Waals surface area contributed by atoms with Crippen LogP contribution < -0.4 is 5.32 Å². The molecule has 0 amide bonds. The highest BCUT2D eigenvalue weighted by Crippen LogP contribution is 2.38. The second kappa shape index (κ2) is 5.05. The molecule has 0 radical (unpaired) electrons. The molecule has 1 atom stereocenters. The van der Waals surface area contributed by atoms with Gasteiger partial charge in [-0.05, 0) is 19.8 Å². The number of thiazole rings is 1. The van der Waals surface area contributed by atoms with Gasteiger partial charge in [-0.25, -0.2) is 4.98 Å². The minimum Gasteiger partial charge on any atom is -0.392 e. The number of aliphatic hydroxyl groups is 1. The highest BCUT2D eigenvalue weighted by molar-refractivity contribution is 7.11. The molecule has 1 unspecified atom stereocenters. The van der Waals surface area contributed by atoms with Gasteiger partial charge >= 0.3 is 0 Å². The molecule has 1 aliphatic rings. The summed E-state index contributed by atoms with van der Waals surface area (Å²) in [5.74, 6) is 0.737. The summed E-state index contributed by atoms with van der Waals surface area (Å²) in [4.78, 5) is 5.73. The van der Waals surface area contributed by atoms with Crippen molar-refractivity contribution in [2.75, 3.05) is 6.54 Å². The van der Waals surface area contributed by atoms with Crippen LogP contribution in [0.2, 0.25) is 0 Å². The first-order valence-corrected chi connectivity index (χ1v) is 6.40. The van der Waals surface area contributed by atoms with Crippen LogP contribution in [0.3, 0.4) is 0 Å².